The highest BCUT2D eigenvalue weighted by Gasteiger charge is 2.28. The average molecular weight is 254 g/mol. The Labute approximate surface area is 110 Å². The lowest BCUT2D eigenvalue weighted by molar-refractivity contribution is 0.241. The monoisotopic (exact) mass is 254 g/mol. The van der Waals surface area contributed by atoms with Crippen LogP contribution in [0.2, 0.25) is 0 Å². The molecule has 0 unspecified atom stereocenters. The number of nitrogens with zero attached hydrogens (tertiary/aromatic N) is 3. The Morgan fingerprint density at radius 3 is 2.61 bits per heavy atom. The molecule has 3 N–H and O–H groups in total. The highest BCUT2D eigenvalue weighted by Crippen LogP contribution is 2.27. The maximum atomic E-state index is 8.56. The van der Waals surface area contributed by atoms with Gasteiger partial charge in [-0.15, -0.1) is 0 Å². The largest absolute Gasteiger partial charge is 0.409 e. The molecular formula is C13H26N4O. The molecule has 2 aliphatic rings. The number of nitrogens with two attached hydrogens (primary N) is 1. The van der Waals surface area contributed by atoms with Gasteiger partial charge in [-0.3, -0.25) is 4.90 Å². The van der Waals surface area contributed by atoms with Crippen LogP contribution in [0.4, 0.5) is 0 Å². The first-order chi connectivity index (χ1) is 8.79. The molecule has 1 saturated carbocycles. The topological polar surface area (TPSA) is 65.1 Å². The van der Waals surface area contributed by atoms with Crippen molar-refractivity contribution in [2.75, 3.05) is 32.7 Å². The van der Waals surface area contributed by atoms with Crippen LogP contribution in [-0.2, 0) is 0 Å². The molecule has 2 fully saturated rings. The van der Waals surface area contributed by atoms with Crippen LogP contribution >= 0.6 is 0 Å². The molecular weight excluding hydrogens is 228 g/mol. The van der Waals surface area contributed by atoms with E-state index in [0.717, 1.165) is 19.1 Å². The van der Waals surface area contributed by atoms with Crippen molar-refractivity contribution >= 4 is 5.84 Å². The van der Waals surface area contributed by atoms with Crippen molar-refractivity contribution in [3.8, 4) is 0 Å². The van der Waals surface area contributed by atoms with Crippen LogP contribution in [0.5, 0.6) is 0 Å². The van der Waals surface area contributed by atoms with Crippen molar-refractivity contribution in [3.05, 3.63) is 0 Å². The van der Waals surface area contributed by atoms with Crippen molar-refractivity contribution in [1.29, 1.82) is 0 Å². The third-order valence-electron chi connectivity index (χ3n) is 3.97. The maximum absolute atomic E-state index is 8.56. The van der Waals surface area contributed by atoms with Crippen LogP contribution in [0.25, 0.3) is 0 Å². The van der Waals surface area contributed by atoms with E-state index in [-0.39, 0.29) is 0 Å². The smallest absolute Gasteiger partial charge is 0.140 e. The first-order valence-electron chi connectivity index (χ1n) is 7.22. The third-order valence-corrected chi connectivity index (χ3v) is 3.97. The molecule has 0 bridgehead atoms. The van der Waals surface area contributed by atoms with Crippen LogP contribution in [0.1, 0.15) is 38.5 Å². The lowest BCUT2D eigenvalue weighted by Gasteiger charge is -2.23. The van der Waals surface area contributed by atoms with Crippen LogP contribution in [0.3, 0.4) is 0 Å². The SMILES string of the molecule is N/C(CCN(CCCN1CCCC1)C1CC1)=N/O. The molecule has 0 radical (unpaired) electrons. The van der Waals surface area contributed by atoms with Gasteiger partial charge in [0.15, 0.2) is 0 Å². The van der Waals surface area contributed by atoms with Gasteiger partial charge < -0.3 is 15.8 Å². The van der Waals surface area contributed by atoms with E-state index in [2.05, 4.69) is 15.0 Å². The second kappa shape index (κ2) is 6.95. The zero-order valence-corrected chi connectivity index (χ0v) is 11.2. The molecule has 0 spiro atoms. The minimum Gasteiger partial charge on any atom is -0.409 e. The standard InChI is InChI=1S/C13H26N4O/c14-13(15-18)6-11-17(12-4-5-12)10-3-9-16-7-1-2-8-16/h12,18H,1-11H2,(H2,14,15). The Morgan fingerprint density at radius 1 is 1.28 bits per heavy atom. The van der Waals surface area contributed by atoms with Gasteiger partial charge >= 0.3 is 0 Å². The molecule has 104 valence electrons. The minimum absolute atomic E-state index is 0.347. The molecule has 0 aromatic heterocycles. The zero-order chi connectivity index (χ0) is 12.8. The summed E-state index contributed by atoms with van der Waals surface area (Å²) in [5.41, 5.74) is 5.54. The van der Waals surface area contributed by atoms with Crippen molar-refractivity contribution in [2.45, 2.75) is 44.6 Å². The molecule has 1 aliphatic carbocycles. The van der Waals surface area contributed by atoms with E-state index >= 15 is 0 Å². The Kier molecular flexibility index (Phi) is 5.26. The van der Waals surface area contributed by atoms with Crippen molar-refractivity contribution in [1.82, 2.24) is 9.80 Å². The van der Waals surface area contributed by atoms with Gasteiger partial charge in [0.1, 0.15) is 5.84 Å². The van der Waals surface area contributed by atoms with Crippen LogP contribution in [-0.4, -0.2) is 59.6 Å². The van der Waals surface area contributed by atoms with Gasteiger partial charge in [-0.2, -0.15) is 0 Å². The number of hydrogen-bond donors (Lipinski definition) is 2. The zero-order valence-electron chi connectivity index (χ0n) is 11.2. The summed E-state index contributed by atoms with van der Waals surface area (Å²) < 4.78 is 0. The second-order valence-corrected chi connectivity index (χ2v) is 5.51. The van der Waals surface area contributed by atoms with Crippen LogP contribution < -0.4 is 5.73 Å². The van der Waals surface area contributed by atoms with Gasteiger partial charge in [-0.05, 0) is 58.3 Å². The molecule has 18 heavy (non-hydrogen) atoms. The molecule has 5 heteroatoms. The van der Waals surface area contributed by atoms with Crippen molar-refractivity contribution in [2.24, 2.45) is 10.9 Å². The van der Waals surface area contributed by atoms with E-state index < -0.39 is 0 Å². The predicted octanol–water partition coefficient (Wildman–Crippen LogP) is 1.07. The second-order valence-electron chi connectivity index (χ2n) is 5.51. The fourth-order valence-electron chi connectivity index (χ4n) is 2.73. The Bertz CT molecular complexity index is 272. The van der Waals surface area contributed by atoms with E-state index in [1.807, 2.05) is 0 Å². The summed E-state index contributed by atoms with van der Waals surface area (Å²) in [6.45, 7) is 5.88. The fraction of sp³-hybridized carbons (Fsp3) is 0.923. The normalized spacial score (nSPS) is 21.9. The van der Waals surface area contributed by atoms with Gasteiger partial charge in [-0.1, -0.05) is 5.16 Å². The first-order valence-corrected chi connectivity index (χ1v) is 7.22. The predicted molar refractivity (Wildman–Crippen MR) is 72.9 cm³/mol. The summed E-state index contributed by atoms with van der Waals surface area (Å²) in [6, 6.07) is 0.759. The third kappa shape index (κ3) is 4.46. The maximum Gasteiger partial charge on any atom is 0.140 e. The summed E-state index contributed by atoms with van der Waals surface area (Å²) in [4.78, 5) is 5.07. The molecule has 0 aromatic rings. The summed E-state index contributed by atoms with van der Waals surface area (Å²) in [7, 11) is 0. The number of likely N-dealkylation sites (tertiary alicyclic amines) is 1. The van der Waals surface area contributed by atoms with Gasteiger partial charge in [0.25, 0.3) is 0 Å². The average Bonchev–Trinajstić information content (AvgIpc) is 3.10. The summed E-state index contributed by atoms with van der Waals surface area (Å²) in [5.74, 6) is 0.347. The molecule has 1 heterocycles. The molecule has 5 nitrogen and oxygen atoms in total. The quantitative estimate of drug-likeness (QED) is 0.294. The summed E-state index contributed by atoms with van der Waals surface area (Å²) in [6.07, 6.45) is 7.30. The molecule has 0 aromatic carbocycles. The minimum atomic E-state index is 0.347. The molecule has 2 rings (SSSR count). The highest BCUT2D eigenvalue weighted by molar-refractivity contribution is 5.79. The summed E-state index contributed by atoms with van der Waals surface area (Å²) >= 11 is 0. The lowest BCUT2D eigenvalue weighted by atomic mass is 10.3. The Balaban J connectivity index is 1.62. The van der Waals surface area contributed by atoms with E-state index in [1.165, 1.54) is 51.7 Å². The van der Waals surface area contributed by atoms with Gasteiger partial charge in [0.2, 0.25) is 0 Å². The summed E-state index contributed by atoms with van der Waals surface area (Å²) in [5, 5.41) is 11.6. The Hall–Kier alpha value is -0.810. The molecule has 1 saturated heterocycles. The molecule has 0 atom stereocenters. The van der Waals surface area contributed by atoms with Crippen molar-refractivity contribution < 1.29 is 5.21 Å². The van der Waals surface area contributed by atoms with Gasteiger partial charge in [-0.25, -0.2) is 0 Å². The van der Waals surface area contributed by atoms with E-state index in [1.54, 1.807) is 0 Å². The van der Waals surface area contributed by atoms with Crippen LogP contribution in [0, 0.1) is 0 Å². The number of oxime groups is 1. The number of hydrogen-bond acceptors (Lipinski definition) is 4. The Morgan fingerprint density at radius 2 is 2.00 bits per heavy atom. The molecule has 0 amide bonds. The van der Waals surface area contributed by atoms with Crippen LogP contribution in [0.15, 0.2) is 5.16 Å². The first kappa shape index (κ1) is 13.6. The van der Waals surface area contributed by atoms with Gasteiger partial charge in [0, 0.05) is 19.0 Å². The number of amidine groups is 1. The van der Waals surface area contributed by atoms with E-state index in [4.69, 9.17) is 10.9 Å². The van der Waals surface area contributed by atoms with Crippen molar-refractivity contribution in [3.63, 3.8) is 0 Å². The van der Waals surface area contributed by atoms with E-state index in [0.29, 0.717) is 12.3 Å². The number of rotatable bonds is 8. The lowest BCUT2D eigenvalue weighted by Crippen LogP contribution is -2.33. The van der Waals surface area contributed by atoms with E-state index in [9.17, 15) is 0 Å². The molecule has 1 aliphatic heterocycles. The fourth-order valence-corrected chi connectivity index (χ4v) is 2.73. The highest BCUT2D eigenvalue weighted by atomic mass is 16.4. The van der Waals surface area contributed by atoms with Gasteiger partial charge in [0.05, 0.1) is 0 Å².